The summed E-state index contributed by atoms with van der Waals surface area (Å²) in [5.41, 5.74) is 2.99. The van der Waals surface area contributed by atoms with Gasteiger partial charge in [-0.3, -0.25) is 10.1 Å². The first kappa shape index (κ1) is 21.4. The fourth-order valence-electron chi connectivity index (χ4n) is 2.33. The van der Waals surface area contributed by atoms with Crippen LogP contribution in [0.15, 0.2) is 42.5 Å². The van der Waals surface area contributed by atoms with Gasteiger partial charge in [-0.2, -0.15) is 0 Å². The number of hydrogen-bond donors (Lipinski definition) is 2. The molecule has 1 amide bonds. The molecule has 0 aliphatic rings. The fourth-order valence-corrected chi connectivity index (χ4v) is 2.56. The molecule has 2 aromatic carbocycles. The summed E-state index contributed by atoms with van der Waals surface area (Å²) in [7, 11) is 0. The summed E-state index contributed by atoms with van der Waals surface area (Å²) in [6.07, 6.45) is 0.754. The molecule has 0 bridgehead atoms. The maximum Gasteiger partial charge on any atom is 0.338 e. The number of hydrogen-bond acceptors (Lipinski definition) is 5. The number of carbonyl (C=O) groups is 2. The van der Waals surface area contributed by atoms with Crippen LogP contribution in [-0.4, -0.2) is 30.2 Å². The summed E-state index contributed by atoms with van der Waals surface area (Å²) < 4.78 is 10.7. The van der Waals surface area contributed by atoms with E-state index < -0.39 is 5.97 Å². The number of nitrogens with one attached hydrogen (secondary N) is 2. The van der Waals surface area contributed by atoms with Gasteiger partial charge in [0.25, 0.3) is 5.91 Å². The van der Waals surface area contributed by atoms with Gasteiger partial charge < -0.3 is 14.8 Å². The molecule has 148 valence electrons. The molecule has 0 radical (unpaired) electrons. The monoisotopic (exact) mass is 400 g/mol. The normalized spacial score (nSPS) is 10.1. The van der Waals surface area contributed by atoms with E-state index in [9.17, 15) is 9.59 Å². The molecule has 2 N–H and O–H groups in total. The maximum atomic E-state index is 12.1. The minimum atomic E-state index is -0.401. The molecular formula is C21H24N2O4S. The molecule has 28 heavy (non-hydrogen) atoms. The van der Waals surface area contributed by atoms with Crippen molar-refractivity contribution in [1.29, 1.82) is 0 Å². The highest BCUT2D eigenvalue weighted by atomic mass is 32.1. The van der Waals surface area contributed by atoms with Crippen LogP contribution < -0.4 is 15.4 Å². The maximum absolute atomic E-state index is 12.1. The average molecular weight is 401 g/mol. The third-order valence-corrected chi connectivity index (χ3v) is 3.95. The van der Waals surface area contributed by atoms with Crippen molar-refractivity contribution in [2.45, 2.75) is 27.2 Å². The fraction of sp³-hybridized carbons (Fsp3) is 0.286. The second-order valence-electron chi connectivity index (χ2n) is 6.28. The Balaban J connectivity index is 1.87. The Morgan fingerprint density at radius 2 is 1.89 bits per heavy atom. The second kappa shape index (κ2) is 10.4. The van der Waals surface area contributed by atoms with Crippen LogP contribution in [0, 0.1) is 13.8 Å². The zero-order valence-electron chi connectivity index (χ0n) is 16.2. The number of aryl methyl sites for hydroxylation is 2. The van der Waals surface area contributed by atoms with E-state index >= 15 is 0 Å². The Morgan fingerprint density at radius 1 is 1.11 bits per heavy atom. The number of esters is 1. The van der Waals surface area contributed by atoms with Gasteiger partial charge in [-0.15, -0.1) is 0 Å². The van der Waals surface area contributed by atoms with Crippen LogP contribution in [0.1, 0.15) is 34.8 Å². The highest BCUT2D eigenvalue weighted by Gasteiger charge is 2.10. The van der Waals surface area contributed by atoms with Crippen molar-refractivity contribution < 1.29 is 19.1 Å². The Hall–Kier alpha value is -2.93. The number of thiocarbonyl (C=S) groups is 1. The number of anilines is 1. The number of ether oxygens (including phenoxy) is 2. The Kier molecular flexibility index (Phi) is 7.95. The van der Waals surface area contributed by atoms with E-state index in [2.05, 4.69) is 10.6 Å². The van der Waals surface area contributed by atoms with Gasteiger partial charge in [-0.25, -0.2) is 4.79 Å². The van der Waals surface area contributed by atoms with Gasteiger partial charge in [0.2, 0.25) is 0 Å². The number of benzene rings is 2. The zero-order chi connectivity index (χ0) is 20.5. The second-order valence-corrected chi connectivity index (χ2v) is 6.68. The van der Waals surface area contributed by atoms with E-state index in [1.165, 1.54) is 0 Å². The molecule has 6 nitrogen and oxygen atoms in total. The lowest BCUT2D eigenvalue weighted by molar-refractivity contribution is -0.121. The summed E-state index contributed by atoms with van der Waals surface area (Å²) in [6.45, 7) is 6.01. The van der Waals surface area contributed by atoms with Crippen molar-refractivity contribution in [2.75, 3.05) is 18.5 Å². The number of amides is 1. The van der Waals surface area contributed by atoms with Crippen LogP contribution in [0.3, 0.4) is 0 Å². The Bertz CT molecular complexity index is 867. The summed E-state index contributed by atoms with van der Waals surface area (Å²) >= 11 is 5.15. The first-order valence-corrected chi connectivity index (χ1v) is 9.38. The standard InChI is InChI=1S/C21H24N2O4S/c1-4-10-26-20(25)16-6-5-7-17(12-16)22-21(28)23-19(24)13-27-18-11-14(2)8-9-15(18)3/h5-9,11-12H,4,10,13H2,1-3H3,(H2,22,23,24,28). The summed E-state index contributed by atoms with van der Waals surface area (Å²) in [5.74, 6) is -0.119. The Labute approximate surface area is 170 Å². The number of carbonyl (C=O) groups excluding carboxylic acids is 2. The van der Waals surface area contributed by atoms with Gasteiger partial charge in [-0.1, -0.05) is 25.1 Å². The van der Waals surface area contributed by atoms with Crippen LogP contribution in [0.5, 0.6) is 5.75 Å². The van der Waals surface area contributed by atoms with E-state index in [1.54, 1.807) is 24.3 Å². The van der Waals surface area contributed by atoms with Crippen molar-refractivity contribution in [3.05, 3.63) is 59.2 Å². The summed E-state index contributed by atoms with van der Waals surface area (Å²) in [5, 5.41) is 5.55. The van der Waals surface area contributed by atoms with Crippen LogP contribution in [0.25, 0.3) is 0 Å². The van der Waals surface area contributed by atoms with E-state index in [4.69, 9.17) is 21.7 Å². The van der Waals surface area contributed by atoms with Gasteiger partial charge in [0.05, 0.1) is 12.2 Å². The van der Waals surface area contributed by atoms with Gasteiger partial charge in [0.15, 0.2) is 11.7 Å². The van der Waals surface area contributed by atoms with Gasteiger partial charge in [0.1, 0.15) is 5.75 Å². The van der Waals surface area contributed by atoms with Crippen LogP contribution in [-0.2, 0) is 9.53 Å². The predicted molar refractivity (Wildman–Crippen MR) is 113 cm³/mol. The first-order chi connectivity index (χ1) is 13.4. The van der Waals surface area contributed by atoms with Crippen molar-refractivity contribution in [3.8, 4) is 5.75 Å². The highest BCUT2D eigenvalue weighted by Crippen LogP contribution is 2.18. The molecule has 7 heteroatoms. The molecule has 0 atom stereocenters. The molecule has 0 saturated carbocycles. The van der Waals surface area contributed by atoms with Crippen molar-refractivity contribution in [3.63, 3.8) is 0 Å². The minimum absolute atomic E-state index is 0.119. The molecule has 0 aromatic heterocycles. The van der Waals surface area contributed by atoms with E-state index in [-0.39, 0.29) is 17.6 Å². The molecule has 0 spiro atoms. The van der Waals surface area contributed by atoms with Crippen LogP contribution >= 0.6 is 12.2 Å². The summed E-state index contributed by atoms with van der Waals surface area (Å²) in [6, 6.07) is 12.5. The smallest absolute Gasteiger partial charge is 0.338 e. The molecule has 0 heterocycles. The van der Waals surface area contributed by atoms with E-state index in [0.29, 0.717) is 23.6 Å². The molecule has 0 unspecified atom stereocenters. The highest BCUT2D eigenvalue weighted by molar-refractivity contribution is 7.80. The van der Waals surface area contributed by atoms with Crippen molar-refractivity contribution >= 4 is 34.9 Å². The van der Waals surface area contributed by atoms with Crippen LogP contribution in [0.2, 0.25) is 0 Å². The molecule has 2 rings (SSSR count). The van der Waals surface area contributed by atoms with Crippen molar-refractivity contribution in [2.24, 2.45) is 0 Å². The largest absolute Gasteiger partial charge is 0.483 e. The van der Waals surface area contributed by atoms with E-state index in [0.717, 1.165) is 17.5 Å². The van der Waals surface area contributed by atoms with Crippen LogP contribution in [0.4, 0.5) is 5.69 Å². The van der Waals surface area contributed by atoms with E-state index in [1.807, 2.05) is 39.0 Å². The van der Waals surface area contributed by atoms with Gasteiger partial charge in [-0.05, 0) is 67.9 Å². The topological polar surface area (TPSA) is 76.7 Å². The third kappa shape index (κ3) is 6.66. The Morgan fingerprint density at radius 3 is 2.64 bits per heavy atom. The van der Waals surface area contributed by atoms with Crippen molar-refractivity contribution in [1.82, 2.24) is 5.32 Å². The predicted octanol–water partition coefficient (Wildman–Crippen LogP) is 3.76. The average Bonchev–Trinajstić information content (AvgIpc) is 2.66. The molecule has 2 aromatic rings. The number of rotatable bonds is 7. The van der Waals surface area contributed by atoms with Gasteiger partial charge in [0, 0.05) is 5.69 Å². The summed E-state index contributed by atoms with van der Waals surface area (Å²) in [4.78, 5) is 24.0. The molecule has 0 fully saturated rings. The minimum Gasteiger partial charge on any atom is -0.483 e. The lowest BCUT2D eigenvalue weighted by atomic mass is 10.1. The quantitative estimate of drug-likeness (QED) is 0.544. The lowest BCUT2D eigenvalue weighted by Crippen LogP contribution is -2.37. The lowest BCUT2D eigenvalue weighted by Gasteiger charge is -2.12. The third-order valence-electron chi connectivity index (χ3n) is 3.75. The SMILES string of the molecule is CCCOC(=O)c1cccc(NC(=S)NC(=O)COc2cc(C)ccc2C)c1. The molecule has 0 aliphatic heterocycles. The molecule has 0 saturated heterocycles. The molecular weight excluding hydrogens is 376 g/mol. The van der Waals surface area contributed by atoms with Gasteiger partial charge >= 0.3 is 5.97 Å². The first-order valence-electron chi connectivity index (χ1n) is 8.97. The zero-order valence-corrected chi connectivity index (χ0v) is 17.0. The molecule has 0 aliphatic carbocycles.